The standard InChI is InChI=1S/C28H23NO3/c30-27-20(16-15-19-8-1-2-10-21(19)27)9-7-17-29-28(31)32-18-26-24-13-5-3-11-22(24)23-12-4-6-14-25(23)26/h1-16,26,30H,17-18H2,(H,29,31). The Balaban J connectivity index is 1.19. The van der Waals surface area contributed by atoms with Gasteiger partial charge in [-0.15, -0.1) is 0 Å². The number of hydrogen-bond acceptors (Lipinski definition) is 3. The minimum Gasteiger partial charge on any atom is -0.507 e. The fourth-order valence-electron chi connectivity index (χ4n) is 4.38. The maximum absolute atomic E-state index is 12.3. The zero-order chi connectivity index (χ0) is 21.9. The number of phenolic OH excluding ortho intramolecular Hbond substituents is 1. The number of carbonyl (C=O) groups is 1. The van der Waals surface area contributed by atoms with Crippen LogP contribution in [-0.4, -0.2) is 24.4 Å². The van der Waals surface area contributed by atoms with Crippen LogP contribution in [0.4, 0.5) is 4.79 Å². The van der Waals surface area contributed by atoms with Crippen molar-refractivity contribution in [3.8, 4) is 16.9 Å². The molecule has 0 bridgehead atoms. The normalized spacial score (nSPS) is 12.6. The lowest BCUT2D eigenvalue weighted by atomic mass is 9.98. The molecule has 4 nitrogen and oxygen atoms in total. The zero-order valence-corrected chi connectivity index (χ0v) is 17.5. The van der Waals surface area contributed by atoms with E-state index in [0.717, 1.165) is 10.8 Å². The third-order valence-electron chi connectivity index (χ3n) is 5.94. The number of nitrogens with one attached hydrogen (secondary N) is 1. The van der Waals surface area contributed by atoms with Crippen molar-refractivity contribution in [1.82, 2.24) is 5.32 Å². The summed E-state index contributed by atoms with van der Waals surface area (Å²) in [5.41, 5.74) is 5.49. The van der Waals surface area contributed by atoms with Crippen molar-refractivity contribution in [2.24, 2.45) is 0 Å². The first-order valence-corrected chi connectivity index (χ1v) is 10.7. The second kappa shape index (κ2) is 8.60. The molecule has 0 aliphatic heterocycles. The molecule has 4 heteroatoms. The van der Waals surface area contributed by atoms with E-state index < -0.39 is 6.09 Å². The van der Waals surface area contributed by atoms with E-state index in [2.05, 4.69) is 29.6 Å². The average Bonchev–Trinajstić information content (AvgIpc) is 3.15. The Bertz CT molecular complexity index is 1280. The summed E-state index contributed by atoms with van der Waals surface area (Å²) in [4.78, 5) is 12.3. The van der Waals surface area contributed by atoms with Crippen molar-refractivity contribution in [3.05, 3.63) is 108 Å². The van der Waals surface area contributed by atoms with Gasteiger partial charge in [-0.3, -0.25) is 0 Å². The van der Waals surface area contributed by atoms with Crippen molar-refractivity contribution in [3.63, 3.8) is 0 Å². The van der Waals surface area contributed by atoms with Crippen LogP contribution in [0.2, 0.25) is 0 Å². The Morgan fingerprint density at radius 1 is 0.875 bits per heavy atom. The number of ether oxygens (including phenoxy) is 1. The lowest BCUT2D eigenvalue weighted by Crippen LogP contribution is -2.26. The lowest BCUT2D eigenvalue weighted by molar-refractivity contribution is 0.144. The molecule has 0 radical (unpaired) electrons. The summed E-state index contributed by atoms with van der Waals surface area (Å²) in [5.74, 6) is 0.277. The van der Waals surface area contributed by atoms with Gasteiger partial charge in [-0.05, 0) is 27.6 Å². The van der Waals surface area contributed by atoms with Gasteiger partial charge in [0.2, 0.25) is 0 Å². The topological polar surface area (TPSA) is 58.6 Å². The maximum Gasteiger partial charge on any atom is 0.407 e. The largest absolute Gasteiger partial charge is 0.507 e. The van der Waals surface area contributed by atoms with E-state index in [1.54, 1.807) is 12.2 Å². The predicted molar refractivity (Wildman–Crippen MR) is 128 cm³/mol. The Morgan fingerprint density at radius 3 is 2.28 bits per heavy atom. The second-order valence-corrected chi connectivity index (χ2v) is 7.83. The summed E-state index contributed by atoms with van der Waals surface area (Å²) in [7, 11) is 0. The minimum atomic E-state index is -0.459. The highest BCUT2D eigenvalue weighted by molar-refractivity contribution is 5.91. The van der Waals surface area contributed by atoms with Crippen LogP contribution in [0.5, 0.6) is 5.75 Å². The van der Waals surface area contributed by atoms with Crippen LogP contribution in [0.15, 0.2) is 91.0 Å². The summed E-state index contributed by atoms with van der Waals surface area (Å²) in [5, 5.41) is 15.0. The third-order valence-corrected chi connectivity index (χ3v) is 5.94. The van der Waals surface area contributed by atoms with Gasteiger partial charge in [0, 0.05) is 23.4 Å². The first-order valence-electron chi connectivity index (χ1n) is 10.7. The molecule has 1 aliphatic rings. The van der Waals surface area contributed by atoms with E-state index in [1.165, 1.54) is 22.3 Å². The molecule has 5 rings (SSSR count). The molecule has 4 aromatic rings. The SMILES string of the molecule is O=C(NCC=Cc1ccc2ccccc2c1O)OCC1c2ccccc2-c2ccccc21. The van der Waals surface area contributed by atoms with Crippen LogP contribution in [-0.2, 0) is 4.74 Å². The quantitative estimate of drug-likeness (QED) is 0.409. The van der Waals surface area contributed by atoms with Gasteiger partial charge in [0.05, 0.1) is 0 Å². The fraction of sp³-hybridized carbons (Fsp3) is 0.107. The molecule has 1 amide bonds. The van der Waals surface area contributed by atoms with Gasteiger partial charge >= 0.3 is 6.09 Å². The monoisotopic (exact) mass is 421 g/mol. The summed E-state index contributed by atoms with van der Waals surface area (Å²) in [6.45, 7) is 0.595. The van der Waals surface area contributed by atoms with Crippen LogP contribution in [0.25, 0.3) is 28.0 Å². The Kier molecular flexibility index (Phi) is 5.34. The molecular formula is C28H23NO3. The van der Waals surface area contributed by atoms with Crippen molar-refractivity contribution in [2.75, 3.05) is 13.2 Å². The van der Waals surface area contributed by atoms with E-state index in [9.17, 15) is 9.90 Å². The first-order chi connectivity index (χ1) is 15.7. The number of amides is 1. The van der Waals surface area contributed by atoms with Gasteiger partial charge in [-0.2, -0.15) is 0 Å². The number of carbonyl (C=O) groups excluding carboxylic acids is 1. The number of aromatic hydroxyl groups is 1. The highest BCUT2D eigenvalue weighted by Gasteiger charge is 2.28. The van der Waals surface area contributed by atoms with E-state index >= 15 is 0 Å². The Morgan fingerprint density at radius 2 is 1.53 bits per heavy atom. The van der Waals surface area contributed by atoms with Crippen molar-refractivity contribution in [1.29, 1.82) is 0 Å². The molecule has 0 unspecified atom stereocenters. The number of rotatable bonds is 5. The maximum atomic E-state index is 12.3. The zero-order valence-electron chi connectivity index (χ0n) is 17.5. The number of phenols is 1. The Labute approximate surface area is 186 Å². The average molecular weight is 421 g/mol. The van der Waals surface area contributed by atoms with E-state index in [0.29, 0.717) is 12.1 Å². The Hall–Kier alpha value is -4.05. The molecule has 0 spiro atoms. The van der Waals surface area contributed by atoms with Gasteiger partial charge in [0.25, 0.3) is 0 Å². The van der Waals surface area contributed by atoms with E-state index in [4.69, 9.17) is 4.74 Å². The van der Waals surface area contributed by atoms with Gasteiger partial charge in [-0.25, -0.2) is 4.79 Å². The van der Waals surface area contributed by atoms with Gasteiger partial charge < -0.3 is 15.2 Å². The molecule has 0 heterocycles. The summed E-state index contributed by atoms with van der Waals surface area (Å²) in [6.07, 6.45) is 3.13. The van der Waals surface area contributed by atoms with Crippen molar-refractivity contribution < 1.29 is 14.6 Å². The van der Waals surface area contributed by atoms with Gasteiger partial charge in [0.1, 0.15) is 12.4 Å². The molecule has 0 saturated carbocycles. The molecule has 0 fully saturated rings. The molecule has 0 atom stereocenters. The highest BCUT2D eigenvalue weighted by Crippen LogP contribution is 2.44. The van der Waals surface area contributed by atoms with E-state index in [1.807, 2.05) is 60.7 Å². The molecule has 158 valence electrons. The number of alkyl carbamates (subject to hydrolysis) is 1. The fourth-order valence-corrected chi connectivity index (χ4v) is 4.38. The van der Waals surface area contributed by atoms with E-state index in [-0.39, 0.29) is 18.3 Å². The highest BCUT2D eigenvalue weighted by atomic mass is 16.5. The molecule has 32 heavy (non-hydrogen) atoms. The molecule has 0 saturated heterocycles. The number of fused-ring (bicyclic) bond motifs is 4. The van der Waals surface area contributed by atoms with Gasteiger partial charge in [-0.1, -0.05) is 97.1 Å². The number of benzene rings is 4. The molecule has 2 N–H and O–H groups in total. The van der Waals surface area contributed by atoms with Gasteiger partial charge in [0.15, 0.2) is 0 Å². The van der Waals surface area contributed by atoms with Crippen LogP contribution >= 0.6 is 0 Å². The second-order valence-electron chi connectivity index (χ2n) is 7.83. The minimum absolute atomic E-state index is 0.0400. The van der Waals surface area contributed by atoms with Crippen molar-refractivity contribution >= 4 is 22.9 Å². The van der Waals surface area contributed by atoms with Crippen molar-refractivity contribution in [2.45, 2.75) is 5.92 Å². The van der Waals surface area contributed by atoms with Crippen LogP contribution in [0.1, 0.15) is 22.6 Å². The number of hydrogen-bond donors (Lipinski definition) is 2. The molecule has 4 aromatic carbocycles. The van der Waals surface area contributed by atoms with Crippen LogP contribution < -0.4 is 5.32 Å². The van der Waals surface area contributed by atoms with Crippen LogP contribution in [0, 0.1) is 0 Å². The van der Waals surface area contributed by atoms with Crippen LogP contribution in [0.3, 0.4) is 0 Å². The molecule has 1 aliphatic carbocycles. The molecule has 0 aromatic heterocycles. The first kappa shape index (κ1) is 19.9. The lowest BCUT2D eigenvalue weighted by Gasteiger charge is -2.14. The summed E-state index contributed by atoms with van der Waals surface area (Å²) < 4.78 is 5.54. The summed E-state index contributed by atoms with van der Waals surface area (Å²) in [6, 6.07) is 28.0. The predicted octanol–water partition coefficient (Wildman–Crippen LogP) is 6.10. The third kappa shape index (κ3) is 3.71. The smallest absolute Gasteiger partial charge is 0.407 e. The molecular weight excluding hydrogens is 398 g/mol. The summed E-state index contributed by atoms with van der Waals surface area (Å²) >= 11 is 0.